The van der Waals surface area contributed by atoms with Crippen molar-refractivity contribution < 1.29 is 9.21 Å². The van der Waals surface area contributed by atoms with Crippen molar-refractivity contribution in [2.45, 2.75) is 27.7 Å². The first-order valence-electron chi connectivity index (χ1n) is 9.63. The van der Waals surface area contributed by atoms with E-state index >= 15 is 0 Å². The Hall–Kier alpha value is -3.12. The van der Waals surface area contributed by atoms with Gasteiger partial charge in [-0.2, -0.15) is 5.10 Å². The minimum Gasteiger partial charge on any atom is -0.451 e. The van der Waals surface area contributed by atoms with Crippen LogP contribution in [0.1, 0.15) is 38.6 Å². The van der Waals surface area contributed by atoms with Crippen LogP contribution in [-0.4, -0.2) is 16.7 Å². The lowest BCUT2D eigenvalue weighted by Gasteiger charge is -2.15. The zero-order valence-electron chi connectivity index (χ0n) is 17.3. The van der Waals surface area contributed by atoms with Gasteiger partial charge in [-0.1, -0.05) is 34.1 Å². The Morgan fingerprint density at radius 2 is 1.80 bits per heavy atom. The highest BCUT2D eigenvalue weighted by Gasteiger charge is 2.14. The quantitative estimate of drug-likeness (QED) is 0.298. The first kappa shape index (κ1) is 20.2. The molecule has 5 nitrogen and oxygen atoms in total. The van der Waals surface area contributed by atoms with E-state index in [9.17, 15) is 4.79 Å². The van der Waals surface area contributed by atoms with E-state index < -0.39 is 0 Å². The van der Waals surface area contributed by atoms with E-state index in [-0.39, 0.29) is 11.7 Å². The standard InChI is InChI=1S/C24H22BrN3O2/c1-14-6-5-7-15(2)23(14)28-16(3)10-19(17(28)4)13-26-27-24(29)22-12-18-11-20(25)8-9-21(18)30-22/h5-13H,1-4H3,(H,27,29)/b26-13+. The van der Waals surface area contributed by atoms with Crippen molar-refractivity contribution in [3.05, 3.63) is 86.8 Å². The van der Waals surface area contributed by atoms with Gasteiger partial charge < -0.3 is 8.98 Å². The monoisotopic (exact) mass is 463 g/mol. The number of aromatic nitrogens is 1. The number of amides is 1. The van der Waals surface area contributed by atoms with Gasteiger partial charge in [0.1, 0.15) is 5.58 Å². The highest BCUT2D eigenvalue weighted by molar-refractivity contribution is 9.10. The van der Waals surface area contributed by atoms with Crippen LogP contribution >= 0.6 is 15.9 Å². The fourth-order valence-corrected chi connectivity index (χ4v) is 4.14. The molecule has 0 spiro atoms. The van der Waals surface area contributed by atoms with E-state index in [2.05, 4.69) is 83.0 Å². The summed E-state index contributed by atoms with van der Waals surface area (Å²) in [6.45, 7) is 8.35. The number of para-hydroxylation sites is 1. The summed E-state index contributed by atoms with van der Waals surface area (Å²) in [5.74, 6) is -0.164. The number of carbonyl (C=O) groups is 1. The Morgan fingerprint density at radius 1 is 1.07 bits per heavy atom. The van der Waals surface area contributed by atoms with Crippen LogP contribution in [0, 0.1) is 27.7 Å². The molecule has 2 heterocycles. The molecule has 0 aliphatic heterocycles. The molecule has 2 aromatic carbocycles. The fourth-order valence-electron chi connectivity index (χ4n) is 3.76. The van der Waals surface area contributed by atoms with Gasteiger partial charge in [0.25, 0.3) is 0 Å². The molecule has 4 rings (SSSR count). The smallest absolute Gasteiger partial charge is 0.307 e. The van der Waals surface area contributed by atoms with Gasteiger partial charge in [-0.25, -0.2) is 5.43 Å². The van der Waals surface area contributed by atoms with Crippen LogP contribution < -0.4 is 5.43 Å². The van der Waals surface area contributed by atoms with Crippen molar-refractivity contribution in [2.24, 2.45) is 5.10 Å². The number of hydrogen-bond acceptors (Lipinski definition) is 3. The number of furan rings is 1. The number of carbonyl (C=O) groups excluding carboxylic acids is 1. The molecule has 2 aromatic heterocycles. The number of aryl methyl sites for hydroxylation is 3. The van der Waals surface area contributed by atoms with Crippen LogP contribution in [0.25, 0.3) is 16.7 Å². The maximum Gasteiger partial charge on any atom is 0.307 e. The van der Waals surface area contributed by atoms with E-state index in [1.807, 2.05) is 18.2 Å². The van der Waals surface area contributed by atoms with E-state index in [0.29, 0.717) is 5.58 Å². The van der Waals surface area contributed by atoms with Gasteiger partial charge >= 0.3 is 5.91 Å². The van der Waals surface area contributed by atoms with E-state index in [4.69, 9.17) is 4.42 Å². The summed E-state index contributed by atoms with van der Waals surface area (Å²) < 4.78 is 8.77. The first-order valence-corrected chi connectivity index (χ1v) is 10.4. The minimum absolute atomic E-state index is 0.223. The number of hydrogen-bond donors (Lipinski definition) is 1. The first-order chi connectivity index (χ1) is 14.3. The minimum atomic E-state index is -0.387. The number of halogens is 1. The Balaban J connectivity index is 1.56. The van der Waals surface area contributed by atoms with Crippen LogP contribution in [0.4, 0.5) is 0 Å². The number of fused-ring (bicyclic) bond motifs is 1. The topological polar surface area (TPSA) is 59.5 Å². The Morgan fingerprint density at radius 3 is 2.53 bits per heavy atom. The molecule has 0 saturated heterocycles. The van der Waals surface area contributed by atoms with E-state index in [1.54, 1.807) is 12.3 Å². The second-order valence-electron chi connectivity index (χ2n) is 7.39. The molecule has 152 valence electrons. The average molecular weight is 464 g/mol. The third-order valence-electron chi connectivity index (χ3n) is 5.21. The molecule has 30 heavy (non-hydrogen) atoms. The summed E-state index contributed by atoms with van der Waals surface area (Å²) in [4.78, 5) is 12.4. The second-order valence-corrected chi connectivity index (χ2v) is 8.31. The van der Waals surface area contributed by atoms with Gasteiger partial charge in [0.05, 0.1) is 11.9 Å². The molecular formula is C24H22BrN3O2. The summed E-state index contributed by atoms with van der Waals surface area (Å²) in [6.07, 6.45) is 1.67. The summed E-state index contributed by atoms with van der Waals surface area (Å²) >= 11 is 3.42. The van der Waals surface area contributed by atoms with Crippen molar-refractivity contribution in [1.82, 2.24) is 9.99 Å². The van der Waals surface area contributed by atoms with Crippen LogP contribution in [0.5, 0.6) is 0 Å². The molecule has 0 radical (unpaired) electrons. The summed E-state index contributed by atoms with van der Waals surface area (Å²) in [5.41, 5.74) is 9.95. The predicted octanol–water partition coefficient (Wildman–Crippen LogP) is 5.98. The molecular weight excluding hydrogens is 442 g/mol. The number of rotatable bonds is 4. The molecule has 0 unspecified atom stereocenters. The number of nitrogens with zero attached hydrogens (tertiary/aromatic N) is 2. The third kappa shape index (κ3) is 3.71. The molecule has 4 aromatic rings. The molecule has 0 atom stereocenters. The third-order valence-corrected chi connectivity index (χ3v) is 5.70. The molecule has 1 N–H and O–H groups in total. The summed E-state index contributed by atoms with van der Waals surface area (Å²) in [7, 11) is 0. The Bertz CT molecular complexity index is 1280. The number of hydrazone groups is 1. The second kappa shape index (κ2) is 7.95. The van der Waals surface area contributed by atoms with Crippen LogP contribution in [-0.2, 0) is 0 Å². The van der Waals surface area contributed by atoms with Gasteiger partial charge in [0.15, 0.2) is 5.76 Å². The van der Waals surface area contributed by atoms with E-state index in [1.165, 1.54) is 16.8 Å². The molecule has 6 heteroatoms. The molecule has 0 fully saturated rings. The maximum absolute atomic E-state index is 12.4. The fraction of sp³-hybridized carbons (Fsp3) is 0.167. The molecule has 0 saturated carbocycles. The molecule has 0 bridgehead atoms. The number of nitrogens with one attached hydrogen (secondary N) is 1. The van der Waals surface area contributed by atoms with Gasteiger partial charge in [-0.3, -0.25) is 4.79 Å². The lowest BCUT2D eigenvalue weighted by atomic mass is 10.1. The molecule has 0 aliphatic rings. The largest absolute Gasteiger partial charge is 0.451 e. The number of benzene rings is 2. The molecule has 1 amide bonds. The SMILES string of the molecule is Cc1cccc(C)c1-n1c(C)cc(/C=N/NC(=O)c2cc3cc(Br)ccc3o2)c1C. The van der Waals surface area contributed by atoms with E-state index in [0.717, 1.165) is 26.8 Å². The van der Waals surface area contributed by atoms with Gasteiger partial charge in [-0.05, 0) is 69.2 Å². The summed E-state index contributed by atoms with van der Waals surface area (Å²) in [6, 6.07) is 15.7. The van der Waals surface area contributed by atoms with Crippen LogP contribution in [0.15, 0.2) is 62.5 Å². The maximum atomic E-state index is 12.4. The lowest BCUT2D eigenvalue weighted by Crippen LogP contribution is -2.16. The van der Waals surface area contributed by atoms with Crippen molar-refractivity contribution in [3.8, 4) is 5.69 Å². The van der Waals surface area contributed by atoms with Crippen molar-refractivity contribution in [3.63, 3.8) is 0 Å². The van der Waals surface area contributed by atoms with Crippen LogP contribution in [0.2, 0.25) is 0 Å². The zero-order chi connectivity index (χ0) is 21.4. The Labute approximate surface area is 183 Å². The normalized spacial score (nSPS) is 11.5. The van der Waals surface area contributed by atoms with Crippen LogP contribution in [0.3, 0.4) is 0 Å². The predicted molar refractivity (Wildman–Crippen MR) is 124 cm³/mol. The molecule has 0 aliphatic carbocycles. The van der Waals surface area contributed by atoms with Gasteiger partial charge in [0, 0.05) is 26.8 Å². The van der Waals surface area contributed by atoms with Crippen molar-refractivity contribution >= 4 is 39.0 Å². The van der Waals surface area contributed by atoms with Gasteiger partial charge in [0.2, 0.25) is 0 Å². The lowest BCUT2D eigenvalue weighted by molar-refractivity contribution is 0.0929. The van der Waals surface area contributed by atoms with Gasteiger partial charge in [-0.15, -0.1) is 0 Å². The highest BCUT2D eigenvalue weighted by Crippen LogP contribution is 2.26. The average Bonchev–Trinajstić information content (AvgIpc) is 3.23. The summed E-state index contributed by atoms with van der Waals surface area (Å²) in [5, 5.41) is 5.01. The highest BCUT2D eigenvalue weighted by atomic mass is 79.9. The van der Waals surface area contributed by atoms with Crippen molar-refractivity contribution in [2.75, 3.05) is 0 Å². The van der Waals surface area contributed by atoms with Crippen molar-refractivity contribution in [1.29, 1.82) is 0 Å². The Kier molecular flexibility index (Phi) is 5.35. The zero-order valence-corrected chi connectivity index (χ0v) is 18.9.